The van der Waals surface area contributed by atoms with Gasteiger partial charge in [0.05, 0.1) is 30.5 Å². The van der Waals surface area contributed by atoms with Crippen molar-refractivity contribution in [2.24, 2.45) is 5.73 Å². The summed E-state index contributed by atoms with van der Waals surface area (Å²) >= 11 is 1.21. The van der Waals surface area contributed by atoms with Crippen LogP contribution in [0.5, 0.6) is 0 Å². The van der Waals surface area contributed by atoms with Crippen molar-refractivity contribution in [3.8, 4) is 5.69 Å². The van der Waals surface area contributed by atoms with Gasteiger partial charge in [0, 0.05) is 22.5 Å². The van der Waals surface area contributed by atoms with Crippen LogP contribution in [0.15, 0.2) is 41.9 Å². The number of thiophene rings is 1. The average molecular weight is 452 g/mol. The maximum absolute atomic E-state index is 13.2. The number of pyridine rings is 1. The maximum atomic E-state index is 13.2. The van der Waals surface area contributed by atoms with E-state index in [1.165, 1.54) is 18.3 Å². The average Bonchev–Trinajstić information content (AvgIpc) is 3.37. The largest absolute Gasteiger partial charge is 0.435 e. The second kappa shape index (κ2) is 9.27. The van der Waals surface area contributed by atoms with E-state index in [2.05, 4.69) is 20.7 Å². The van der Waals surface area contributed by atoms with E-state index in [-0.39, 0.29) is 30.4 Å². The van der Waals surface area contributed by atoms with Gasteiger partial charge in [0.1, 0.15) is 5.69 Å². The van der Waals surface area contributed by atoms with Gasteiger partial charge >= 0.3 is 6.18 Å². The number of hydrogen-bond donors (Lipinski definition) is 3. The Labute approximate surface area is 179 Å². The molecule has 0 radical (unpaired) electrons. The van der Waals surface area contributed by atoms with Gasteiger partial charge in [-0.05, 0) is 25.1 Å². The Morgan fingerprint density at radius 3 is 2.65 bits per heavy atom. The SMILES string of the molecule is CC(N)C(=O)NCc1cc(-n2nc(C(F)(F)F)cc2C(=O)NCc2ccccn2)cs1. The summed E-state index contributed by atoms with van der Waals surface area (Å²) in [4.78, 5) is 28.9. The predicted octanol–water partition coefficient (Wildman–Crippen LogP) is 2.24. The minimum absolute atomic E-state index is 0.0460. The third-order valence-corrected chi connectivity index (χ3v) is 5.05. The van der Waals surface area contributed by atoms with Crippen molar-refractivity contribution in [3.05, 3.63) is 63.9 Å². The van der Waals surface area contributed by atoms with E-state index in [1.807, 2.05) is 0 Å². The van der Waals surface area contributed by atoms with Crippen molar-refractivity contribution in [2.45, 2.75) is 32.2 Å². The molecule has 0 aromatic carbocycles. The summed E-state index contributed by atoms with van der Waals surface area (Å²) in [6.07, 6.45) is -3.17. The Hall–Kier alpha value is -3.25. The molecule has 3 rings (SSSR count). The van der Waals surface area contributed by atoms with E-state index < -0.39 is 23.8 Å². The van der Waals surface area contributed by atoms with Crippen LogP contribution in [0.25, 0.3) is 5.69 Å². The van der Waals surface area contributed by atoms with E-state index in [9.17, 15) is 22.8 Å². The van der Waals surface area contributed by atoms with Gasteiger partial charge in [-0.25, -0.2) is 4.68 Å². The van der Waals surface area contributed by atoms with Crippen LogP contribution in [-0.4, -0.2) is 32.6 Å². The molecular formula is C19H19F3N6O2S. The van der Waals surface area contributed by atoms with Crippen LogP contribution < -0.4 is 16.4 Å². The number of alkyl halides is 3. The molecule has 0 aliphatic heterocycles. The molecule has 1 atom stereocenters. The summed E-state index contributed by atoms with van der Waals surface area (Å²) in [6, 6.07) is 6.69. The highest BCUT2D eigenvalue weighted by molar-refractivity contribution is 7.10. The summed E-state index contributed by atoms with van der Waals surface area (Å²) in [5, 5.41) is 10.3. The minimum atomic E-state index is -4.72. The lowest BCUT2D eigenvalue weighted by Crippen LogP contribution is -2.37. The first-order chi connectivity index (χ1) is 14.6. The number of nitrogens with two attached hydrogens (primary N) is 1. The number of nitrogens with zero attached hydrogens (tertiary/aromatic N) is 3. The molecule has 3 aromatic rings. The molecule has 1 unspecified atom stereocenters. The second-order valence-electron chi connectivity index (χ2n) is 6.61. The van der Waals surface area contributed by atoms with Gasteiger partial charge in [-0.1, -0.05) is 6.07 Å². The molecule has 0 saturated heterocycles. The Morgan fingerprint density at radius 1 is 1.23 bits per heavy atom. The number of hydrogen-bond acceptors (Lipinski definition) is 6. The third kappa shape index (κ3) is 5.67. The number of nitrogens with one attached hydrogen (secondary N) is 2. The number of carbonyl (C=O) groups is 2. The van der Waals surface area contributed by atoms with Crippen LogP contribution >= 0.6 is 11.3 Å². The Morgan fingerprint density at radius 2 is 2.00 bits per heavy atom. The Balaban J connectivity index is 1.83. The summed E-state index contributed by atoms with van der Waals surface area (Å²) in [5.41, 5.74) is 4.86. The van der Waals surface area contributed by atoms with Gasteiger partial charge in [-0.2, -0.15) is 18.3 Å². The first-order valence-electron chi connectivity index (χ1n) is 9.11. The van der Waals surface area contributed by atoms with Crippen molar-refractivity contribution in [2.75, 3.05) is 0 Å². The topological polar surface area (TPSA) is 115 Å². The third-order valence-electron chi connectivity index (χ3n) is 4.12. The van der Waals surface area contributed by atoms with Crippen LogP contribution in [0, 0.1) is 0 Å². The van der Waals surface area contributed by atoms with Gasteiger partial charge in [0.15, 0.2) is 5.69 Å². The smallest absolute Gasteiger partial charge is 0.350 e. The number of rotatable bonds is 7. The summed E-state index contributed by atoms with van der Waals surface area (Å²) in [6.45, 7) is 1.73. The van der Waals surface area contributed by atoms with Crippen molar-refractivity contribution in [3.63, 3.8) is 0 Å². The molecule has 4 N–H and O–H groups in total. The zero-order valence-electron chi connectivity index (χ0n) is 16.3. The fraction of sp³-hybridized carbons (Fsp3) is 0.263. The van der Waals surface area contributed by atoms with E-state index in [0.29, 0.717) is 16.6 Å². The molecule has 0 aliphatic rings. The minimum Gasteiger partial charge on any atom is -0.350 e. The van der Waals surface area contributed by atoms with Gasteiger partial charge in [-0.3, -0.25) is 14.6 Å². The molecule has 3 aromatic heterocycles. The number of aromatic nitrogens is 3. The van der Waals surface area contributed by atoms with Crippen LogP contribution in [0.4, 0.5) is 13.2 Å². The number of amides is 2. The Bertz CT molecular complexity index is 1060. The van der Waals surface area contributed by atoms with Gasteiger partial charge in [0.2, 0.25) is 5.91 Å². The molecule has 0 spiro atoms. The summed E-state index contributed by atoms with van der Waals surface area (Å²) in [7, 11) is 0. The zero-order chi connectivity index (χ0) is 22.6. The van der Waals surface area contributed by atoms with Crippen molar-refractivity contribution >= 4 is 23.2 Å². The molecule has 8 nitrogen and oxygen atoms in total. The van der Waals surface area contributed by atoms with Crippen molar-refractivity contribution in [1.29, 1.82) is 0 Å². The first kappa shape index (κ1) is 22.4. The molecule has 3 heterocycles. The first-order valence-corrected chi connectivity index (χ1v) is 9.99. The number of halogens is 3. The lowest BCUT2D eigenvalue weighted by atomic mass is 10.3. The lowest BCUT2D eigenvalue weighted by Gasteiger charge is -2.07. The van der Waals surface area contributed by atoms with E-state index in [1.54, 1.807) is 35.8 Å². The van der Waals surface area contributed by atoms with Crippen LogP contribution in [0.2, 0.25) is 0 Å². The highest BCUT2D eigenvalue weighted by Crippen LogP contribution is 2.30. The molecule has 0 fully saturated rings. The fourth-order valence-corrected chi connectivity index (χ4v) is 3.33. The lowest BCUT2D eigenvalue weighted by molar-refractivity contribution is -0.141. The van der Waals surface area contributed by atoms with Crippen molar-refractivity contribution < 1.29 is 22.8 Å². The molecule has 31 heavy (non-hydrogen) atoms. The summed E-state index contributed by atoms with van der Waals surface area (Å²) in [5.74, 6) is -1.09. The van der Waals surface area contributed by atoms with Crippen LogP contribution in [0.3, 0.4) is 0 Å². The van der Waals surface area contributed by atoms with E-state index >= 15 is 0 Å². The quantitative estimate of drug-likeness (QED) is 0.509. The fourth-order valence-electron chi connectivity index (χ4n) is 2.55. The normalized spacial score (nSPS) is 12.4. The van der Waals surface area contributed by atoms with Gasteiger partial charge < -0.3 is 16.4 Å². The maximum Gasteiger partial charge on any atom is 0.435 e. The standard InChI is InChI=1S/C19H19F3N6O2S/c1-11(23)17(29)26-9-14-6-13(10-31-14)28-15(7-16(27-28)19(20,21)22)18(30)25-8-12-4-2-3-5-24-12/h2-7,10-11H,8-9,23H2,1H3,(H,25,30)(H,26,29). The molecule has 0 bridgehead atoms. The van der Waals surface area contributed by atoms with Gasteiger partial charge in [-0.15, -0.1) is 11.3 Å². The molecule has 164 valence electrons. The van der Waals surface area contributed by atoms with E-state index in [4.69, 9.17) is 5.73 Å². The highest BCUT2D eigenvalue weighted by atomic mass is 32.1. The number of carbonyl (C=O) groups excluding carboxylic acids is 2. The molecular weight excluding hydrogens is 433 g/mol. The summed E-state index contributed by atoms with van der Waals surface area (Å²) < 4.78 is 40.6. The molecule has 0 saturated carbocycles. The van der Waals surface area contributed by atoms with Crippen LogP contribution in [0.1, 0.15) is 33.7 Å². The molecule has 12 heteroatoms. The van der Waals surface area contributed by atoms with E-state index in [0.717, 1.165) is 4.68 Å². The monoisotopic (exact) mass is 452 g/mol. The predicted molar refractivity (Wildman–Crippen MR) is 107 cm³/mol. The Kier molecular flexibility index (Phi) is 6.71. The highest BCUT2D eigenvalue weighted by Gasteiger charge is 2.36. The molecule has 0 aliphatic carbocycles. The second-order valence-corrected chi connectivity index (χ2v) is 7.60. The van der Waals surface area contributed by atoms with Crippen LogP contribution in [-0.2, 0) is 24.1 Å². The van der Waals surface area contributed by atoms with Crippen molar-refractivity contribution in [1.82, 2.24) is 25.4 Å². The zero-order valence-corrected chi connectivity index (χ0v) is 17.1. The van der Waals surface area contributed by atoms with Gasteiger partial charge in [0.25, 0.3) is 5.91 Å². The molecule has 2 amide bonds.